The maximum atomic E-state index is 10.5. The normalized spacial score (nSPS) is 10.2. The minimum atomic E-state index is -0.924. The molecule has 3 nitrogen and oxygen atoms in total. The third-order valence-electron chi connectivity index (χ3n) is 1.77. The van der Waals surface area contributed by atoms with Gasteiger partial charge in [0.1, 0.15) is 0 Å². The Morgan fingerprint density at radius 1 is 1.62 bits per heavy atom. The maximum absolute atomic E-state index is 10.5. The molecule has 1 rings (SSSR count). The van der Waals surface area contributed by atoms with Crippen LogP contribution in [-0.2, 0) is 6.42 Å². The van der Waals surface area contributed by atoms with Gasteiger partial charge in [-0.2, -0.15) is 0 Å². The third kappa shape index (κ3) is 3.14. The number of hydrogen-bond donors (Lipinski definition) is 1. The first kappa shape index (κ1) is 10.2. The Balaban J connectivity index is 2.44. The Kier molecular flexibility index (Phi) is 3.89. The zero-order valence-corrected chi connectivity index (χ0v) is 8.43. The fourth-order valence-corrected chi connectivity index (χ4v) is 1.77. The fraction of sp³-hybridized carbons (Fsp3) is 0.556. The van der Waals surface area contributed by atoms with Crippen LogP contribution in [-0.4, -0.2) is 16.1 Å². The molecule has 0 aliphatic rings. The van der Waals surface area contributed by atoms with Crippen molar-refractivity contribution in [3.63, 3.8) is 0 Å². The van der Waals surface area contributed by atoms with Gasteiger partial charge < -0.3 is 5.11 Å². The fourth-order valence-electron chi connectivity index (χ4n) is 1.08. The topological polar surface area (TPSA) is 50.2 Å². The van der Waals surface area contributed by atoms with Crippen LogP contribution in [0.1, 0.15) is 41.7 Å². The van der Waals surface area contributed by atoms with Gasteiger partial charge >= 0.3 is 5.97 Å². The van der Waals surface area contributed by atoms with Crippen LogP contribution in [0.15, 0.2) is 5.38 Å². The number of hydrogen-bond acceptors (Lipinski definition) is 3. The van der Waals surface area contributed by atoms with Crippen LogP contribution in [0.5, 0.6) is 0 Å². The average Bonchev–Trinajstić information content (AvgIpc) is 2.53. The Morgan fingerprint density at radius 2 is 2.38 bits per heavy atom. The van der Waals surface area contributed by atoms with Crippen molar-refractivity contribution >= 4 is 17.3 Å². The average molecular weight is 199 g/mol. The summed E-state index contributed by atoms with van der Waals surface area (Å²) in [6, 6.07) is 0. The predicted molar refractivity (Wildman–Crippen MR) is 52.3 cm³/mol. The highest BCUT2D eigenvalue weighted by Gasteiger charge is 2.07. The molecule has 0 radical (unpaired) electrons. The van der Waals surface area contributed by atoms with E-state index in [1.54, 1.807) is 0 Å². The molecule has 0 atom stereocenters. The quantitative estimate of drug-likeness (QED) is 0.741. The van der Waals surface area contributed by atoms with Crippen LogP contribution < -0.4 is 0 Å². The van der Waals surface area contributed by atoms with Crippen molar-refractivity contribution in [1.82, 2.24) is 4.98 Å². The number of carboxylic acid groups (broad SMARTS) is 1. The molecule has 0 aromatic carbocycles. The van der Waals surface area contributed by atoms with Gasteiger partial charge in [-0.15, -0.1) is 11.3 Å². The summed E-state index contributed by atoms with van der Waals surface area (Å²) in [6.07, 6.45) is 4.35. The summed E-state index contributed by atoms with van der Waals surface area (Å²) in [4.78, 5) is 14.5. The number of unbranched alkanes of at least 4 members (excludes halogenated alkanes) is 2. The van der Waals surface area contributed by atoms with E-state index in [4.69, 9.17) is 5.11 Å². The molecule has 13 heavy (non-hydrogen) atoms. The second kappa shape index (κ2) is 4.97. The highest BCUT2D eigenvalue weighted by molar-refractivity contribution is 7.11. The van der Waals surface area contributed by atoms with E-state index in [2.05, 4.69) is 11.9 Å². The van der Waals surface area contributed by atoms with E-state index >= 15 is 0 Å². The first-order chi connectivity index (χ1) is 6.24. The van der Waals surface area contributed by atoms with Crippen molar-refractivity contribution in [2.75, 3.05) is 0 Å². The molecule has 0 saturated carbocycles. The van der Waals surface area contributed by atoms with E-state index in [1.165, 1.54) is 24.2 Å². The Hall–Kier alpha value is -0.900. The van der Waals surface area contributed by atoms with E-state index in [-0.39, 0.29) is 5.01 Å². The predicted octanol–water partition coefficient (Wildman–Crippen LogP) is 2.57. The minimum absolute atomic E-state index is 0.200. The second-order valence-electron chi connectivity index (χ2n) is 2.91. The lowest BCUT2D eigenvalue weighted by molar-refractivity contribution is 0.0696. The Morgan fingerprint density at radius 3 is 2.92 bits per heavy atom. The number of aryl methyl sites for hydroxylation is 1. The number of carbonyl (C=O) groups is 1. The highest BCUT2D eigenvalue weighted by Crippen LogP contribution is 2.12. The van der Waals surface area contributed by atoms with Gasteiger partial charge in [0.25, 0.3) is 0 Å². The molecule has 0 aliphatic heterocycles. The molecule has 1 aromatic rings. The van der Waals surface area contributed by atoms with Gasteiger partial charge in [0.2, 0.25) is 5.01 Å². The Bertz CT molecular complexity index is 283. The van der Waals surface area contributed by atoms with Crippen molar-refractivity contribution in [3.8, 4) is 0 Å². The number of aromatic carboxylic acids is 1. The molecular weight excluding hydrogens is 186 g/mol. The second-order valence-corrected chi connectivity index (χ2v) is 3.76. The molecule has 72 valence electrons. The smallest absolute Gasteiger partial charge is 0.365 e. The first-order valence-electron chi connectivity index (χ1n) is 4.41. The molecule has 0 spiro atoms. The van der Waals surface area contributed by atoms with Crippen molar-refractivity contribution in [3.05, 3.63) is 16.1 Å². The summed E-state index contributed by atoms with van der Waals surface area (Å²) in [7, 11) is 0. The van der Waals surface area contributed by atoms with E-state index in [1.807, 2.05) is 5.38 Å². The van der Waals surface area contributed by atoms with Gasteiger partial charge in [-0.3, -0.25) is 0 Å². The van der Waals surface area contributed by atoms with E-state index in [9.17, 15) is 4.79 Å². The van der Waals surface area contributed by atoms with Crippen LogP contribution in [0.25, 0.3) is 0 Å². The number of rotatable bonds is 5. The standard InChI is InChI=1S/C9H13NO2S/c1-2-3-4-5-7-6-13-8(10-7)9(11)12/h6H,2-5H2,1H3,(H,11,12). The number of aromatic nitrogens is 1. The summed E-state index contributed by atoms with van der Waals surface area (Å²) >= 11 is 1.21. The summed E-state index contributed by atoms with van der Waals surface area (Å²) in [5.74, 6) is -0.924. The summed E-state index contributed by atoms with van der Waals surface area (Å²) in [5, 5.41) is 10.7. The minimum Gasteiger partial charge on any atom is -0.476 e. The number of carboxylic acids is 1. The van der Waals surface area contributed by atoms with Crippen LogP contribution in [0, 0.1) is 0 Å². The Labute approximate surface area is 81.4 Å². The molecule has 0 amide bonds. The lowest BCUT2D eigenvalue weighted by atomic mass is 10.2. The zero-order valence-electron chi connectivity index (χ0n) is 7.62. The maximum Gasteiger partial charge on any atom is 0.365 e. The summed E-state index contributed by atoms with van der Waals surface area (Å²) in [5.41, 5.74) is 0.913. The lowest BCUT2D eigenvalue weighted by Gasteiger charge is -1.93. The van der Waals surface area contributed by atoms with Crippen LogP contribution in [0.4, 0.5) is 0 Å². The molecule has 0 saturated heterocycles. The van der Waals surface area contributed by atoms with Gasteiger partial charge in [-0.25, -0.2) is 9.78 Å². The van der Waals surface area contributed by atoms with Crippen molar-refractivity contribution in [2.45, 2.75) is 32.6 Å². The van der Waals surface area contributed by atoms with Crippen LogP contribution >= 0.6 is 11.3 Å². The largest absolute Gasteiger partial charge is 0.476 e. The molecular formula is C9H13NO2S. The van der Waals surface area contributed by atoms with Gasteiger partial charge in [0.05, 0.1) is 5.69 Å². The van der Waals surface area contributed by atoms with E-state index in [0.29, 0.717) is 0 Å². The van der Waals surface area contributed by atoms with Crippen molar-refractivity contribution in [1.29, 1.82) is 0 Å². The van der Waals surface area contributed by atoms with Gasteiger partial charge in [0.15, 0.2) is 0 Å². The third-order valence-corrected chi connectivity index (χ3v) is 2.65. The van der Waals surface area contributed by atoms with Gasteiger partial charge in [0, 0.05) is 5.38 Å². The lowest BCUT2D eigenvalue weighted by Crippen LogP contribution is -1.95. The molecule has 1 heterocycles. The molecule has 1 N–H and O–H groups in total. The molecule has 0 fully saturated rings. The van der Waals surface area contributed by atoms with Crippen LogP contribution in [0.2, 0.25) is 0 Å². The summed E-state index contributed by atoms with van der Waals surface area (Å²) < 4.78 is 0. The molecule has 0 bridgehead atoms. The van der Waals surface area contributed by atoms with Gasteiger partial charge in [-0.05, 0) is 12.8 Å². The van der Waals surface area contributed by atoms with Crippen molar-refractivity contribution < 1.29 is 9.90 Å². The first-order valence-corrected chi connectivity index (χ1v) is 5.29. The number of thiazole rings is 1. The molecule has 0 aliphatic carbocycles. The van der Waals surface area contributed by atoms with E-state index in [0.717, 1.165) is 18.5 Å². The van der Waals surface area contributed by atoms with Crippen molar-refractivity contribution in [2.24, 2.45) is 0 Å². The highest BCUT2D eigenvalue weighted by atomic mass is 32.1. The molecule has 0 unspecified atom stereocenters. The van der Waals surface area contributed by atoms with Gasteiger partial charge in [-0.1, -0.05) is 19.8 Å². The van der Waals surface area contributed by atoms with E-state index < -0.39 is 5.97 Å². The van der Waals surface area contributed by atoms with Crippen LogP contribution in [0.3, 0.4) is 0 Å². The summed E-state index contributed by atoms with van der Waals surface area (Å²) in [6.45, 7) is 2.14. The monoisotopic (exact) mass is 199 g/mol. The number of nitrogens with zero attached hydrogens (tertiary/aromatic N) is 1. The molecule has 1 aromatic heterocycles. The zero-order chi connectivity index (χ0) is 9.68. The molecule has 4 heteroatoms. The SMILES string of the molecule is CCCCCc1csc(C(=O)O)n1.